The maximum Gasteiger partial charge on any atom is 0.257 e. The van der Waals surface area contributed by atoms with Crippen molar-refractivity contribution in [3.63, 3.8) is 0 Å². The zero-order valence-corrected chi connectivity index (χ0v) is 19.1. The first-order chi connectivity index (χ1) is 16.0. The van der Waals surface area contributed by atoms with Crippen molar-refractivity contribution in [3.8, 4) is 16.9 Å². The molecule has 162 valence electrons. The maximum atomic E-state index is 13.0. The number of carbonyl (C=O) groups excluding carboxylic acids is 1. The highest BCUT2D eigenvalue weighted by Gasteiger charge is 2.15. The second-order valence-corrected chi connectivity index (χ2v) is 8.41. The normalized spacial score (nSPS) is 11.0. The van der Waals surface area contributed by atoms with E-state index in [1.165, 1.54) is 0 Å². The van der Waals surface area contributed by atoms with Gasteiger partial charge >= 0.3 is 0 Å². The van der Waals surface area contributed by atoms with Gasteiger partial charge < -0.3 is 5.32 Å². The Morgan fingerprint density at radius 1 is 0.939 bits per heavy atom. The molecule has 0 radical (unpaired) electrons. The van der Waals surface area contributed by atoms with Crippen LogP contribution in [0.15, 0.2) is 85.2 Å². The zero-order chi connectivity index (χ0) is 22.9. The number of carbonyl (C=O) groups is 1. The summed E-state index contributed by atoms with van der Waals surface area (Å²) in [5.41, 5.74) is 4.13. The van der Waals surface area contributed by atoms with Crippen molar-refractivity contribution in [2.45, 2.75) is 6.92 Å². The SMILES string of the molecule is Cc1ccn(-c2ccc(C(=O)Nc3ccc(Cl)c(-c4nccc5ccccc45)c3)c(Cl)c2)n1. The van der Waals surface area contributed by atoms with Gasteiger partial charge in [0, 0.05) is 29.0 Å². The number of aryl methyl sites for hydroxylation is 1. The smallest absolute Gasteiger partial charge is 0.257 e. The number of amides is 1. The molecule has 0 aliphatic carbocycles. The second kappa shape index (κ2) is 8.70. The summed E-state index contributed by atoms with van der Waals surface area (Å²) >= 11 is 12.9. The van der Waals surface area contributed by atoms with Crippen molar-refractivity contribution < 1.29 is 4.79 Å². The Balaban J connectivity index is 1.45. The molecule has 1 amide bonds. The van der Waals surface area contributed by atoms with Crippen molar-refractivity contribution in [3.05, 3.63) is 106 Å². The monoisotopic (exact) mass is 472 g/mol. The van der Waals surface area contributed by atoms with Crippen molar-refractivity contribution in [1.29, 1.82) is 0 Å². The Hall–Kier alpha value is -3.67. The highest BCUT2D eigenvalue weighted by molar-refractivity contribution is 6.35. The maximum absolute atomic E-state index is 13.0. The lowest BCUT2D eigenvalue weighted by molar-refractivity contribution is 0.102. The molecular formula is C26H18Cl2N4O. The molecule has 0 bridgehead atoms. The number of rotatable bonds is 4. The van der Waals surface area contributed by atoms with Crippen molar-refractivity contribution in [2.75, 3.05) is 5.32 Å². The van der Waals surface area contributed by atoms with Crippen LogP contribution in [-0.2, 0) is 0 Å². The molecule has 2 heterocycles. The summed E-state index contributed by atoms with van der Waals surface area (Å²) in [6, 6.07) is 22.4. The van der Waals surface area contributed by atoms with Crippen LogP contribution >= 0.6 is 23.2 Å². The summed E-state index contributed by atoms with van der Waals surface area (Å²) in [5.74, 6) is -0.317. The van der Waals surface area contributed by atoms with E-state index in [0.29, 0.717) is 21.3 Å². The molecule has 0 saturated carbocycles. The van der Waals surface area contributed by atoms with Crippen LogP contribution < -0.4 is 5.32 Å². The number of hydrogen-bond donors (Lipinski definition) is 1. The minimum atomic E-state index is -0.317. The number of nitrogens with one attached hydrogen (secondary N) is 1. The lowest BCUT2D eigenvalue weighted by atomic mass is 10.0. The van der Waals surface area contributed by atoms with Gasteiger partial charge in [-0.25, -0.2) is 4.68 Å². The van der Waals surface area contributed by atoms with Crippen LogP contribution in [0.1, 0.15) is 16.1 Å². The van der Waals surface area contributed by atoms with Crippen LogP contribution in [0.4, 0.5) is 5.69 Å². The van der Waals surface area contributed by atoms with Gasteiger partial charge in [0.05, 0.1) is 32.7 Å². The first-order valence-corrected chi connectivity index (χ1v) is 11.0. The molecule has 5 aromatic rings. The van der Waals surface area contributed by atoms with E-state index in [2.05, 4.69) is 15.4 Å². The van der Waals surface area contributed by atoms with Crippen molar-refractivity contribution >= 4 is 45.6 Å². The molecule has 0 saturated heterocycles. The van der Waals surface area contributed by atoms with E-state index in [4.69, 9.17) is 23.2 Å². The molecule has 5 nitrogen and oxygen atoms in total. The largest absolute Gasteiger partial charge is 0.322 e. The van der Waals surface area contributed by atoms with Gasteiger partial charge in [-0.05, 0) is 60.8 Å². The Bertz CT molecular complexity index is 1500. The summed E-state index contributed by atoms with van der Waals surface area (Å²) < 4.78 is 1.71. The van der Waals surface area contributed by atoms with E-state index >= 15 is 0 Å². The number of benzene rings is 3. The van der Waals surface area contributed by atoms with Gasteiger partial charge in [-0.3, -0.25) is 9.78 Å². The fourth-order valence-corrected chi connectivity index (χ4v) is 4.17. The summed E-state index contributed by atoms with van der Waals surface area (Å²) in [6.45, 7) is 1.91. The Kier molecular flexibility index (Phi) is 5.58. The standard InChI is InChI=1S/C26H18Cl2N4O/c1-16-11-13-32(31-16)19-7-8-21(24(28)15-19)26(33)30-18-6-9-23(27)22(14-18)25-20-5-3-2-4-17(20)10-12-29-25/h2-15H,1H3,(H,30,33). The quantitative estimate of drug-likeness (QED) is 0.307. The molecule has 33 heavy (non-hydrogen) atoms. The Morgan fingerprint density at radius 3 is 2.58 bits per heavy atom. The molecule has 7 heteroatoms. The molecule has 1 N–H and O–H groups in total. The Labute approximate surface area is 200 Å². The van der Waals surface area contributed by atoms with Gasteiger partial charge in [0.15, 0.2) is 0 Å². The second-order valence-electron chi connectivity index (χ2n) is 7.60. The van der Waals surface area contributed by atoms with Crippen LogP contribution in [-0.4, -0.2) is 20.7 Å². The third kappa shape index (κ3) is 4.21. The zero-order valence-electron chi connectivity index (χ0n) is 17.6. The van der Waals surface area contributed by atoms with Gasteiger partial charge in [-0.2, -0.15) is 5.10 Å². The minimum Gasteiger partial charge on any atom is -0.322 e. The van der Waals surface area contributed by atoms with Gasteiger partial charge in [-0.1, -0.05) is 47.5 Å². The predicted molar refractivity (Wildman–Crippen MR) is 133 cm³/mol. The van der Waals surface area contributed by atoms with E-state index in [1.807, 2.05) is 55.6 Å². The lowest BCUT2D eigenvalue weighted by Crippen LogP contribution is -2.13. The highest BCUT2D eigenvalue weighted by atomic mass is 35.5. The number of hydrogen-bond acceptors (Lipinski definition) is 3. The van der Waals surface area contributed by atoms with Crippen molar-refractivity contribution in [2.24, 2.45) is 0 Å². The van der Waals surface area contributed by atoms with E-state index in [9.17, 15) is 4.79 Å². The van der Waals surface area contributed by atoms with E-state index in [1.54, 1.807) is 41.2 Å². The number of aromatic nitrogens is 3. The molecule has 0 fully saturated rings. The molecule has 0 atom stereocenters. The number of pyridine rings is 1. The average Bonchev–Trinajstić information content (AvgIpc) is 3.26. The fraction of sp³-hybridized carbons (Fsp3) is 0.0385. The fourth-order valence-electron chi connectivity index (χ4n) is 3.71. The van der Waals surface area contributed by atoms with Gasteiger partial charge in [0.1, 0.15) is 0 Å². The van der Waals surface area contributed by atoms with E-state index < -0.39 is 0 Å². The van der Waals surface area contributed by atoms with Crippen LogP contribution in [0.2, 0.25) is 10.0 Å². The van der Waals surface area contributed by atoms with Crippen LogP contribution in [0, 0.1) is 6.92 Å². The average molecular weight is 473 g/mol. The summed E-state index contributed by atoms with van der Waals surface area (Å²) in [7, 11) is 0. The number of halogens is 2. The van der Waals surface area contributed by atoms with Crippen molar-refractivity contribution in [1.82, 2.24) is 14.8 Å². The third-order valence-corrected chi connectivity index (χ3v) is 5.98. The molecule has 3 aromatic carbocycles. The first-order valence-electron chi connectivity index (χ1n) is 10.3. The lowest BCUT2D eigenvalue weighted by Gasteiger charge is -2.12. The van der Waals surface area contributed by atoms with E-state index in [-0.39, 0.29) is 5.91 Å². The molecule has 5 rings (SSSR count). The topological polar surface area (TPSA) is 59.8 Å². The number of nitrogens with zero attached hydrogens (tertiary/aromatic N) is 3. The Morgan fingerprint density at radius 2 is 1.79 bits per heavy atom. The molecule has 0 unspecified atom stereocenters. The number of fused-ring (bicyclic) bond motifs is 1. The molecule has 2 aromatic heterocycles. The molecule has 0 aliphatic heterocycles. The van der Waals surface area contributed by atoms with Crippen LogP contribution in [0.5, 0.6) is 0 Å². The number of anilines is 1. The van der Waals surface area contributed by atoms with Gasteiger partial charge in [-0.15, -0.1) is 0 Å². The summed E-state index contributed by atoms with van der Waals surface area (Å²) in [6.07, 6.45) is 3.60. The molecule has 0 aliphatic rings. The minimum absolute atomic E-state index is 0.317. The highest BCUT2D eigenvalue weighted by Crippen LogP contribution is 2.34. The summed E-state index contributed by atoms with van der Waals surface area (Å²) in [5, 5.41) is 10.2. The third-order valence-electron chi connectivity index (χ3n) is 5.34. The summed E-state index contributed by atoms with van der Waals surface area (Å²) in [4.78, 5) is 17.5. The molecule has 0 spiro atoms. The first kappa shape index (κ1) is 21.2. The van der Waals surface area contributed by atoms with Gasteiger partial charge in [0.2, 0.25) is 0 Å². The van der Waals surface area contributed by atoms with E-state index in [0.717, 1.165) is 33.4 Å². The molecular weight excluding hydrogens is 455 g/mol. The van der Waals surface area contributed by atoms with Crippen LogP contribution in [0.25, 0.3) is 27.7 Å². The van der Waals surface area contributed by atoms with Gasteiger partial charge in [0.25, 0.3) is 5.91 Å². The van der Waals surface area contributed by atoms with Crippen LogP contribution in [0.3, 0.4) is 0 Å². The predicted octanol–water partition coefficient (Wildman–Crippen LogP) is 6.96.